The van der Waals surface area contributed by atoms with Gasteiger partial charge in [0.2, 0.25) is 0 Å². The van der Waals surface area contributed by atoms with E-state index < -0.39 is 0 Å². The molecule has 1 spiro atoms. The van der Waals surface area contributed by atoms with Gasteiger partial charge in [-0.3, -0.25) is 0 Å². The van der Waals surface area contributed by atoms with Gasteiger partial charge in [-0.05, 0) is 24.8 Å². The molecule has 1 aromatic carbocycles. The summed E-state index contributed by atoms with van der Waals surface area (Å²) in [6.07, 6.45) is 8.09. The Hall–Kier alpha value is -0.860. The molecule has 3 rings (SSSR count). The zero-order valence-corrected chi connectivity index (χ0v) is 11.1. The fraction of sp³-hybridized carbons (Fsp3) is 0.625. The van der Waals surface area contributed by atoms with Gasteiger partial charge in [0.1, 0.15) is 0 Å². The van der Waals surface area contributed by atoms with Crippen molar-refractivity contribution >= 4 is 0 Å². The van der Waals surface area contributed by atoms with E-state index >= 15 is 0 Å². The highest BCUT2D eigenvalue weighted by molar-refractivity contribution is 5.16. The summed E-state index contributed by atoms with van der Waals surface area (Å²) in [5.41, 5.74) is 1.86. The fourth-order valence-corrected chi connectivity index (χ4v) is 3.44. The van der Waals surface area contributed by atoms with Crippen LogP contribution in [0.3, 0.4) is 0 Å². The summed E-state index contributed by atoms with van der Waals surface area (Å²) in [6.45, 7) is 2.28. The van der Waals surface area contributed by atoms with Gasteiger partial charge in [-0.25, -0.2) is 0 Å². The molecule has 1 saturated carbocycles. The van der Waals surface area contributed by atoms with Crippen LogP contribution >= 0.6 is 0 Å². The van der Waals surface area contributed by atoms with Crippen molar-refractivity contribution in [2.75, 3.05) is 13.1 Å². The molecule has 1 aromatic rings. The van der Waals surface area contributed by atoms with Crippen LogP contribution < -0.4 is 10.6 Å². The van der Waals surface area contributed by atoms with Crippen molar-refractivity contribution in [1.29, 1.82) is 0 Å². The maximum atomic E-state index is 3.84. The lowest BCUT2D eigenvalue weighted by atomic mass is 9.80. The minimum absolute atomic E-state index is 0.422. The van der Waals surface area contributed by atoms with Gasteiger partial charge in [0.15, 0.2) is 0 Å². The first-order valence-electron chi connectivity index (χ1n) is 7.39. The largest absolute Gasteiger partial charge is 0.311 e. The first-order chi connectivity index (χ1) is 8.86. The van der Waals surface area contributed by atoms with E-state index in [1.54, 1.807) is 0 Å². The molecule has 2 aliphatic rings. The van der Waals surface area contributed by atoms with Crippen LogP contribution in [0.5, 0.6) is 0 Å². The molecule has 0 radical (unpaired) electrons. The number of benzene rings is 1. The van der Waals surface area contributed by atoms with Crippen molar-refractivity contribution in [3.63, 3.8) is 0 Å². The van der Waals surface area contributed by atoms with Crippen LogP contribution in [-0.4, -0.2) is 24.7 Å². The number of hydrogen-bond donors (Lipinski definition) is 2. The Morgan fingerprint density at radius 2 is 1.83 bits per heavy atom. The van der Waals surface area contributed by atoms with E-state index in [0.29, 0.717) is 11.6 Å². The van der Waals surface area contributed by atoms with Crippen LogP contribution in [0.1, 0.15) is 37.7 Å². The van der Waals surface area contributed by atoms with Crippen molar-refractivity contribution in [3.8, 4) is 0 Å². The quantitative estimate of drug-likeness (QED) is 0.835. The second-order valence-corrected chi connectivity index (χ2v) is 5.99. The van der Waals surface area contributed by atoms with Crippen molar-refractivity contribution in [2.45, 2.75) is 50.1 Å². The first kappa shape index (κ1) is 12.2. The lowest BCUT2D eigenvalue weighted by Gasteiger charge is -2.44. The summed E-state index contributed by atoms with van der Waals surface area (Å²) in [7, 11) is 0. The van der Waals surface area contributed by atoms with Gasteiger partial charge in [0.05, 0.1) is 0 Å². The van der Waals surface area contributed by atoms with Gasteiger partial charge in [0.25, 0.3) is 0 Å². The van der Waals surface area contributed by atoms with Crippen LogP contribution in [0.15, 0.2) is 30.3 Å². The zero-order chi connectivity index (χ0) is 12.3. The first-order valence-corrected chi connectivity index (χ1v) is 7.39. The van der Waals surface area contributed by atoms with Gasteiger partial charge in [-0.2, -0.15) is 0 Å². The summed E-state index contributed by atoms with van der Waals surface area (Å²) >= 11 is 0. The molecule has 98 valence electrons. The third-order valence-electron chi connectivity index (χ3n) is 4.59. The smallest absolute Gasteiger partial charge is 0.0307 e. The molecular formula is C16H24N2. The number of rotatable bonds is 2. The second-order valence-electron chi connectivity index (χ2n) is 5.99. The van der Waals surface area contributed by atoms with Gasteiger partial charge < -0.3 is 10.6 Å². The fourth-order valence-electron chi connectivity index (χ4n) is 3.44. The number of nitrogens with one attached hydrogen (secondary N) is 2. The van der Waals surface area contributed by atoms with Crippen LogP contribution in [-0.2, 0) is 6.42 Å². The lowest BCUT2D eigenvalue weighted by molar-refractivity contribution is 0.175. The molecule has 2 fully saturated rings. The van der Waals surface area contributed by atoms with E-state index in [2.05, 4.69) is 41.0 Å². The van der Waals surface area contributed by atoms with Gasteiger partial charge in [-0.1, -0.05) is 49.6 Å². The van der Waals surface area contributed by atoms with Gasteiger partial charge in [0, 0.05) is 24.7 Å². The Morgan fingerprint density at radius 3 is 2.50 bits per heavy atom. The zero-order valence-electron chi connectivity index (χ0n) is 11.1. The highest BCUT2D eigenvalue weighted by Crippen LogP contribution is 2.29. The molecular weight excluding hydrogens is 220 g/mol. The molecule has 1 saturated heterocycles. The van der Waals surface area contributed by atoms with Gasteiger partial charge in [-0.15, -0.1) is 0 Å². The van der Waals surface area contributed by atoms with E-state index in [4.69, 9.17) is 0 Å². The van der Waals surface area contributed by atoms with Crippen LogP contribution in [0.25, 0.3) is 0 Å². The Kier molecular flexibility index (Phi) is 3.67. The number of piperazine rings is 1. The average molecular weight is 244 g/mol. The predicted octanol–water partition coefficient (Wildman–Crippen LogP) is 2.49. The summed E-state index contributed by atoms with van der Waals surface area (Å²) in [6, 6.07) is 11.4. The summed E-state index contributed by atoms with van der Waals surface area (Å²) in [5, 5.41) is 7.61. The average Bonchev–Trinajstić information content (AvgIpc) is 2.44. The Labute approximate surface area is 110 Å². The Balaban J connectivity index is 1.54. The number of hydrogen-bond acceptors (Lipinski definition) is 2. The molecule has 18 heavy (non-hydrogen) atoms. The molecule has 1 aliphatic heterocycles. The molecule has 2 heteroatoms. The molecule has 2 nitrogen and oxygen atoms in total. The molecule has 0 aromatic heterocycles. The summed E-state index contributed by atoms with van der Waals surface area (Å²) in [4.78, 5) is 0. The standard InChI is InChI=1S/C16H24N2/c1-3-7-14(8-4-1)11-15-12-18-16(13-17-15)9-5-2-6-10-16/h1,3-4,7-8,15,17-18H,2,5-6,9-13H2. The van der Waals surface area contributed by atoms with E-state index in [1.165, 1.54) is 37.7 Å². The highest BCUT2D eigenvalue weighted by Gasteiger charge is 2.35. The van der Waals surface area contributed by atoms with Crippen molar-refractivity contribution in [3.05, 3.63) is 35.9 Å². The van der Waals surface area contributed by atoms with Crippen molar-refractivity contribution in [1.82, 2.24) is 10.6 Å². The van der Waals surface area contributed by atoms with E-state index in [-0.39, 0.29) is 0 Å². The van der Waals surface area contributed by atoms with E-state index in [0.717, 1.165) is 19.5 Å². The van der Waals surface area contributed by atoms with Crippen molar-refractivity contribution in [2.24, 2.45) is 0 Å². The molecule has 1 aliphatic carbocycles. The van der Waals surface area contributed by atoms with Crippen LogP contribution in [0.2, 0.25) is 0 Å². The molecule has 1 atom stereocenters. The monoisotopic (exact) mass is 244 g/mol. The minimum Gasteiger partial charge on any atom is -0.311 e. The van der Waals surface area contributed by atoms with Crippen molar-refractivity contribution < 1.29 is 0 Å². The van der Waals surface area contributed by atoms with Crippen LogP contribution in [0, 0.1) is 0 Å². The second kappa shape index (κ2) is 5.41. The predicted molar refractivity (Wildman–Crippen MR) is 75.8 cm³/mol. The van der Waals surface area contributed by atoms with E-state index in [9.17, 15) is 0 Å². The highest BCUT2D eigenvalue weighted by atomic mass is 15.1. The Morgan fingerprint density at radius 1 is 1.06 bits per heavy atom. The third-order valence-corrected chi connectivity index (χ3v) is 4.59. The van der Waals surface area contributed by atoms with Crippen LogP contribution in [0.4, 0.5) is 0 Å². The van der Waals surface area contributed by atoms with E-state index in [1.807, 2.05) is 0 Å². The molecule has 2 N–H and O–H groups in total. The SMILES string of the molecule is c1ccc(CC2CNC3(CCCCC3)CN2)cc1. The molecule has 0 amide bonds. The maximum Gasteiger partial charge on any atom is 0.0307 e. The molecule has 1 unspecified atom stereocenters. The van der Waals surface area contributed by atoms with Gasteiger partial charge >= 0.3 is 0 Å². The maximum absolute atomic E-state index is 3.84. The summed E-state index contributed by atoms with van der Waals surface area (Å²) < 4.78 is 0. The molecule has 1 heterocycles. The Bertz CT molecular complexity index is 358. The topological polar surface area (TPSA) is 24.1 Å². The third kappa shape index (κ3) is 2.76. The summed E-state index contributed by atoms with van der Waals surface area (Å²) in [5.74, 6) is 0. The minimum atomic E-state index is 0.422. The normalized spacial score (nSPS) is 27.2. The lowest BCUT2D eigenvalue weighted by Crippen LogP contribution is -2.63. The molecule has 0 bridgehead atoms.